The molecule has 1 heterocycles. The van der Waals surface area contributed by atoms with Crippen molar-refractivity contribution < 1.29 is 4.79 Å². The molecule has 1 aromatic heterocycles. The summed E-state index contributed by atoms with van der Waals surface area (Å²) < 4.78 is 0. The van der Waals surface area contributed by atoms with E-state index in [-0.39, 0.29) is 11.4 Å². The van der Waals surface area contributed by atoms with E-state index in [0.717, 1.165) is 22.7 Å². The average molecular weight is 323 g/mol. The third kappa shape index (κ3) is 4.05. The highest BCUT2D eigenvalue weighted by molar-refractivity contribution is 7.13. The maximum Gasteiger partial charge on any atom is 0.251 e. The van der Waals surface area contributed by atoms with Crippen LogP contribution in [0.25, 0.3) is 10.6 Å². The first-order valence-corrected chi connectivity index (χ1v) is 8.30. The normalized spacial score (nSPS) is 11.4. The Labute approximate surface area is 134 Å². The fourth-order valence-corrected chi connectivity index (χ4v) is 2.81. The lowest BCUT2D eigenvalue weighted by atomic mass is 10.0. The van der Waals surface area contributed by atoms with Crippen LogP contribution >= 0.6 is 22.9 Å². The minimum Gasteiger partial charge on any atom is -0.347 e. The fourth-order valence-electron chi connectivity index (χ4n) is 1.76. The van der Waals surface area contributed by atoms with Crippen LogP contribution in [0.15, 0.2) is 29.6 Å². The van der Waals surface area contributed by atoms with E-state index in [0.29, 0.717) is 11.4 Å². The maximum absolute atomic E-state index is 12.3. The van der Waals surface area contributed by atoms with Crippen molar-refractivity contribution >= 4 is 28.8 Å². The summed E-state index contributed by atoms with van der Waals surface area (Å²) in [6, 6.07) is 7.53. The second-order valence-corrected chi connectivity index (χ2v) is 6.68. The standard InChI is InChI=1S/C16H19ClN2OS/c1-4-16(2,3)19-14(20)11-6-5-7-12(8-11)15-18-13(9-17)10-21-15/h5-8,10H,4,9H2,1-3H3,(H,19,20). The van der Waals surface area contributed by atoms with E-state index < -0.39 is 0 Å². The molecule has 1 N–H and O–H groups in total. The molecule has 2 aromatic rings. The minimum absolute atomic E-state index is 0.0576. The Balaban J connectivity index is 2.23. The zero-order valence-corrected chi connectivity index (χ0v) is 14.0. The highest BCUT2D eigenvalue weighted by Gasteiger charge is 2.19. The van der Waals surface area contributed by atoms with E-state index in [1.807, 2.05) is 43.5 Å². The van der Waals surface area contributed by atoms with Crippen LogP contribution < -0.4 is 5.32 Å². The molecule has 2 rings (SSSR count). The smallest absolute Gasteiger partial charge is 0.251 e. The van der Waals surface area contributed by atoms with E-state index in [1.165, 1.54) is 11.3 Å². The van der Waals surface area contributed by atoms with Crippen molar-refractivity contribution in [1.29, 1.82) is 0 Å². The van der Waals surface area contributed by atoms with Crippen LogP contribution in [-0.2, 0) is 5.88 Å². The number of hydrogen-bond donors (Lipinski definition) is 1. The molecule has 21 heavy (non-hydrogen) atoms. The summed E-state index contributed by atoms with van der Waals surface area (Å²) in [7, 11) is 0. The van der Waals surface area contributed by atoms with Gasteiger partial charge in [-0.1, -0.05) is 19.1 Å². The molecule has 0 bridgehead atoms. The van der Waals surface area contributed by atoms with Crippen molar-refractivity contribution in [3.8, 4) is 10.6 Å². The van der Waals surface area contributed by atoms with Crippen molar-refractivity contribution in [3.05, 3.63) is 40.9 Å². The lowest BCUT2D eigenvalue weighted by Crippen LogP contribution is -2.42. The van der Waals surface area contributed by atoms with Crippen LogP contribution in [0.1, 0.15) is 43.2 Å². The van der Waals surface area contributed by atoms with Crippen molar-refractivity contribution in [1.82, 2.24) is 10.3 Å². The highest BCUT2D eigenvalue weighted by Crippen LogP contribution is 2.25. The molecule has 0 unspecified atom stereocenters. The van der Waals surface area contributed by atoms with E-state index in [4.69, 9.17) is 11.6 Å². The minimum atomic E-state index is -0.208. The van der Waals surface area contributed by atoms with E-state index in [9.17, 15) is 4.79 Å². The first-order valence-electron chi connectivity index (χ1n) is 6.88. The Hall–Kier alpha value is -1.39. The summed E-state index contributed by atoms with van der Waals surface area (Å²) in [5.74, 6) is 0.347. The van der Waals surface area contributed by atoms with Crippen molar-refractivity contribution in [2.45, 2.75) is 38.6 Å². The van der Waals surface area contributed by atoms with Gasteiger partial charge in [-0.2, -0.15) is 0 Å². The fraction of sp³-hybridized carbons (Fsp3) is 0.375. The molecule has 1 aromatic carbocycles. The number of aromatic nitrogens is 1. The number of halogens is 1. The van der Waals surface area contributed by atoms with Crippen LogP contribution in [0.4, 0.5) is 0 Å². The lowest BCUT2D eigenvalue weighted by molar-refractivity contribution is 0.0911. The van der Waals surface area contributed by atoms with E-state index in [2.05, 4.69) is 17.2 Å². The van der Waals surface area contributed by atoms with Crippen LogP contribution in [-0.4, -0.2) is 16.4 Å². The predicted molar refractivity (Wildman–Crippen MR) is 88.9 cm³/mol. The molecular formula is C16H19ClN2OS. The van der Waals surface area contributed by atoms with Crippen molar-refractivity contribution in [3.63, 3.8) is 0 Å². The number of thiazole rings is 1. The molecule has 1 amide bonds. The Morgan fingerprint density at radius 2 is 2.19 bits per heavy atom. The van der Waals surface area contributed by atoms with Crippen LogP contribution in [0.3, 0.4) is 0 Å². The lowest BCUT2D eigenvalue weighted by Gasteiger charge is -2.24. The average Bonchev–Trinajstić information content (AvgIpc) is 2.96. The first kappa shape index (κ1) is 16.0. The first-order chi connectivity index (χ1) is 9.95. The summed E-state index contributed by atoms with van der Waals surface area (Å²) >= 11 is 7.32. The molecule has 0 aliphatic carbocycles. The second-order valence-electron chi connectivity index (χ2n) is 5.55. The van der Waals surface area contributed by atoms with Gasteiger partial charge in [0.2, 0.25) is 0 Å². The number of benzene rings is 1. The quantitative estimate of drug-likeness (QED) is 0.825. The van der Waals surface area contributed by atoms with Gasteiger partial charge in [0.05, 0.1) is 11.6 Å². The summed E-state index contributed by atoms with van der Waals surface area (Å²) in [6.45, 7) is 6.09. The van der Waals surface area contributed by atoms with Gasteiger partial charge < -0.3 is 5.32 Å². The monoisotopic (exact) mass is 322 g/mol. The number of nitrogens with zero attached hydrogens (tertiary/aromatic N) is 1. The number of amides is 1. The van der Waals surface area contributed by atoms with Gasteiger partial charge in [-0.05, 0) is 32.4 Å². The molecule has 0 atom stereocenters. The Bertz CT molecular complexity index is 637. The molecule has 0 saturated heterocycles. The number of carbonyl (C=O) groups excluding carboxylic acids is 1. The number of alkyl halides is 1. The molecule has 0 aliphatic rings. The van der Waals surface area contributed by atoms with Crippen LogP contribution in [0.2, 0.25) is 0 Å². The van der Waals surface area contributed by atoms with Gasteiger partial charge in [0.1, 0.15) is 5.01 Å². The summed E-state index contributed by atoms with van der Waals surface area (Å²) in [4.78, 5) is 16.8. The molecule has 5 heteroatoms. The zero-order chi connectivity index (χ0) is 15.5. The van der Waals surface area contributed by atoms with Gasteiger partial charge in [-0.15, -0.1) is 22.9 Å². The zero-order valence-electron chi connectivity index (χ0n) is 12.4. The van der Waals surface area contributed by atoms with Gasteiger partial charge >= 0.3 is 0 Å². The van der Waals surface area contributed by atoms with Crippen LogP contribution in [0, 0.1) is 0 Å². The summed E-state index contributed by atoms with van der Waals surface area (Å²) in [5, 5.41) is 5.86. The molecular weight excluding hydrogens is 304 g/mol. The third-order valence-corrected chi connectivity index (χ3v) is 4.61. The second kappa shape index (κ2) is 6.58. The Kier molecular flexibility index (Phi) is 5.01. The molecule has 0 saturated carbocycles. The van der Waals surface area contributed by atoms with E-state index in [1.54, 1.807) is 0 Å². The number of carbonyl (C=O) groups is 1. The molecule has 3 nitrogen and oxygen atoms in total. The number of hydrogen-bond acceptors (Lipinski definition) is 3. The van der Waals surface area contributed by atoms with Gasteiger partial charge in [-0.25, -0.2) is 4.98 Å². The maximum atomic E-state index is 12.3. The molecule has 112 valence electrons. The molecule has 0 fully saturated rings. The highest BCUT2D eigenvalue weighted by atomic mass is 35.5. The van der Waals surface area contributed by atoms with Gasteiger partial charge in [0.25, 0.3) is 5.91 Å². The largest absolute Gasteiger partial charge is 0.347 e. The SMILES string of the molecule is CCC(C)(C)NC(=O)c1cccc(-c2nc(CCl)cs2)c1. The van der Waals surface area contributed by atoms with Crippen LogP contribution in [0.5, 0.6) is 0 Å². The van der Waals surface area contributed by atoms with Crippen molar-refractivity contribution in [2.24, 2.45) is 0 Å². The predicted octanol–water partition coefficient (Wildman–Crippen LogP) is 4.47. The van der Waals surface area contributed by atoms with E-state index >= 15 is 0 Å². The molecule has 0 spiro atoms. The summed E-state index contributed by atoms with van der Waals surface area (Å²) in [5.41, 5.74) is 2.24. The number of nitrogens with one attached hydrogen (secondary N) is 1. The topological polar surface area (TPSA) is 42.0 Å². The van der Waals surface area contributed by atoms with Gasteiger partial charge in [-0.3, -0.25) is 4.79 Å². The Morgan fingerprint density at radius 1 is 1.43 bits per heavy atom. The number of rotatable bonds is 5. The summed E-state index contributed by atoms with van der Waals surface area (Å²) in [6.07, 6.45) is 0.879. The molecule has 0 aliphatic heterocycles. The third-order valence-electron chi connectivity index (χ3n) is 3.40. The van der Waals surface area contributed by atoms with Gasteiger partial charge in [0, 0.05) is 22.0 Å². The molecule has 0 radical (unpaired) electrons. The van der Waals surface area contributed by atoms with Gasteiger partial charge in [0.15, 0.2) is 0 Å². The Morgan fingerprint density at radius 3 is 2.81 bits per heavy atom. The van der Waals surface area contributed by atoms with Crippen molar-refractivity contribution in [2.75, 3.05) is 0 Å².